The summed E-state index contributed by atoms with van der Waals surface area (Å²) in [5.41, 5.74) is 1.19. The lowest BCUT2D eigenvalue weighted by Gasteiger charge is -2.20. The van der Waals surface area contributed by atoms with E-state index < -0.39 is 0 Å². The molecule has 0 amide bonds. The molecule has 0 aliphatic carbocycles. The molecule has 0 spiro atoms. The van der Waals surface area contributed by atoms with Crippen LogP contribution < -0.4 is 0 Å². The summed E-state index contributed by atoms with van der Waals surface area (Å²) in [6.45, 7) is 2.09. The Bertz CT molecular complexity index is 571. The summed E-state index contributed by atoms with van der Waals surface area (Å²) in [5, 5.41) is 9.17. The van der Waals surface area contributed by atoms with Crippen molar-refractivity contribution >= 4 is 33.0 Å². The first-order valence-electron chi connectivity index (χ1n) is 6.84. The van der Waals surface area contributed by atoms with E-state index in [1.165, 1.54) is 16.9 Å². The number of aliphatic hydroxyl groups excluding tert-OH is 1. The van der Waals surface area contributed by atoms with Crippen molar-refractivity contribution in [3.05, 3.63) is 56.7 Å². The molecule has 0 atom stereocenters. The molecule has 21 heavy (non-hydrogen) atoms. The number of rotatable bonds is 8. The summed E-state index contributed by atoms with van der Waals surface area (Å²) in [4.78, 5) is 15.0. The van der Waals surface area contributed by atoms with E-state index in [0.717, 1.165) is 15.2 Å². The first kappa shape index (κ1) is 16.4. The predicted octanol–water partition coefficient (Wildman–Crippen LogP) is 3.58. The maximum atomic E-state index is 12.1. The van der Waals surface area contributed by atoms with Gasteiger partial charge in [-0.3, -0.25) is 9.69 Å². The molecule has 1 aromatic carbocycles. The topological polar surface area (TPSA) is 40.5 Å². The lowest BCUT2D eigenvalue weighted by Crippen LogP contribution is -2.28. The van der Waals surface area contributed by atoms with Gasteiger partial charge in [0.25, 0.3) is 0 Å². The van der Waals surface area contributed by atoms with Crippen molar-refractivity contribution in [2.75, 3.05) is 19.7 Å². The van der Waals surface area contributed by atoms with Gasteiger partial charge >= 0.3 is 0 Å². The normalized spacial score (nSPS) is 11.0. The highest BCUT2D eigenvalue weighted by atomic mass is 79.9. The predicted molar refractivity (Wildman–Crippen MR) is 89.8 cm³/mol. The zero-order valence-corrected chi connectivity index (χ0v) is 14.1. The molecular formula is C16H18BrNO2S. The summed E-state index contributed by atoms with van der Waals surface area (Å²) in [6, 6.07) is 13.9. The molecule has 0 fully saturated rings. The third-order valence-corrected chi connectivity index (χ3v) is 4.83. The van der Waals surface area contributed by atoms with Crippen LogP contribution in [0.25, 0.3) is 0 Å². The van der Waals surface area contributed by atoms with Crippen molar-refractivity contribution in [3.63, 3.8) is 0 Å². The Morgan fingerprint density at radius 2 is 1.90 bits per heavy atom. The molecule has 0 unspecified atom stereocenters. The van der Waals surface area contributed by atoms with Crippen molar-refractivity contribution in [3.8, 4) is 0 Å². The van der Waals surface area contributed by atoms with Crippen LogP contribution in [-0.4, -0.2) is 35.5 Å². The van der Waals surface area contributed by atoms with Gasteiger partial charge < -0.3 is 5.11 Å². The quantitative estimate of drug-likeness (QED) is 0.724. The van der Waals surface area contributed by atoms with Crippen molar-refractivity contribution in [2.45, 2.75) is 13.0 Å². The van der Waals surface area contributed by atoms with Gasteiger partial charge in [-0.2, -0.15) is 0 Å². The Hall–Kier alpha value is -1.01. The van der Waals surface area contributed by atoms with E-state index in [1.54, 1.807) is 0 Å². The van der Waals surface area contributed by atoms with E-state index >= 15 is 0 Å². The number of thiophene rings is 1. The van der Waals surface area contributed by atoms with Crippen molar-refractivity contribution in [2.24, 2.45) is 0 Å². The number of carbonyl (C=O) groups is 1. The van der Waals surface area contributed by atoms with Crippen LogP contribution in [0.4, 0.5) is 0 Å². The Labute approximate surface area is 137 Å². The van der Waals surface area contributed by atoms with Gasteiger partial charge in [-0.15, -0.1) is 11.3 Å². The monoisotopic (exact) mass is 367 g/mol. The number of aliphatic hydroxyl groups is 1. The highest BCUT2D eigenvalue weighted by Crippen LogP contribution is 2.23. The number of Topliss-reactive ketones (excluding diaryl/α,β-unsaturated/α-hetero) is 1. The standard InChI is InChI=1S/C16H18BrNO2S/c17-16-7-6-15(21-16)14(20)8-9-18(10-11-19)12-13-4-2-1-3-5-13/h1-7,19H,8-12H2. The number of nitrogens with zero attached hydrogens (tertiary/aromatic N) is 1. The smallest absolute Gasteiger partial charge is 0.174 e. The summed E-state index contributed by atoms with van der Waals surface area (Å²) >= 11 is 4.84. The highest BCUT2D eigenvalue weighted by molar-refractivity contribution is 9.11. The molecule has 0 saturated carbocycles. The first-order valence-corrected chi connectivity index (χ1v) is 8.45. The van der Waals surface area contributed by atoms with E-state index in [4.69, 9.17) is 5.11 Å². The maximum absolute atomic E-state index is 12.1. The molecule has 112 valence electrons. The van der Waals surface area contributed by atoms with Gasteiger partial charge in [-0.05, 0) is 33.6 Å². The lowest BCUT2D eigenvalue weighted by atomic mass is 10.2. The van der Waals surface area contributed by atoms with Crippen LogP contribution in [0, 0.1) is 0 Å². The molecule has 0 aliphatic rings. The van der Waals surface area contributed by atoms with Crippen molar-refractivity contribution < 1.29 is 9.90 Å². The van der Waals surface area contributed by atoms with Crippen LogP contribution in [0.2, 0.25) is 0 Å². The minimum Gasteiger partial charge on any atom is -0.395 e. The van der Waals surface area contributed by atoms with Gasteiger partial charge in [0.05, 0.1) is 15.3 Å². The Morgan fingerprint density at radius 1 is 1.14 bits per heavy atom. The fourth-order valence-electron chi connectivity index (χ4n) is 2.10. The van der Waals surface area contributed by atoms with E-state index in [1.807, 2.05) is 30.3 Å². The molecule has 2 aromatic rings. The van der Waals surface area contributed by atoms with E-state index in [9.17, 15) is 4.79 Å². The van der Waals surface area contributed by atoms with Gasteiger partial charge in [-0.25, -0.2) is 0 Å². The Balaban J connectivity index is 1.89. The van der Waals surface area contributed by atoms with Crippen molar-refractivity contribution in [1.82, 2.24) is 4.90 Å². The molecule has 0 radical (unpaired) electrons. The molecule has 5 heteroatoms. The molecular weight excluding hydrogens is 350 g/mol. The number of halogens is 1. The Kier molecular flexibility index (Phi) is 6.57. The lowest BCUT2D eigenvalue weighted by molar-refractivity contribution is 0.0958. The van der Waals surface area contributed by atoms with Crippen LogP contribution in [-0.2, 0) is 6.54 Å². The molecule has 2 rings (SSSR count). The number of hydrogen-bond donors (Lipinski definition) is 1. The fraction of sp³-hybridized carbons (Fsp3) is 0.312. The van der Waals surface area contributed by atoms with Gasteiger partial charge in [0.2, 0.25) is 0 Å². The number of hydrogen-bond acceptors (Lipinski definition) is 4. The van der Waals surface area contributed by atoms with Crippen LogP contribution in [0.15, 0.2) is 46.3 Å². The maximum Gasteiger partial charge on any atom is 0.174 e. The summed E-state index contributed by atoms with van der Waals surface area (Å²) in [6.07, 6.45) is 0.472. The van der Waals surface area contributed by atoms with Gasteiger partial charge in [0, 0.05) is 26.1 Å². The molecule has 0 aliphatic heterocycles. The number of carbonyl (C=O) groups excluding carboxylic acids is 1. The SMILES string of the molecule is O=C(CCN(CCO)Cc1ccccc1)c1ccc(Br)s1. The average Bonchev–Trinajstić information content (AvgIpc) is 2.92. The first-order chi connectivity index (χ1) is 10.2. The summed E-state index contributed by atoms with van der Waals surface area (Å²) in [5.74, 6) is 0.154. The van der Waals surface area contributed by atoms with E-state index in [-0.39, 0.29) is 12.4 Å². The van der Waals surface area contributed by atoms with Gasteiger partial charge in [0.15, 0.2) is 5.78 Å². The van der Waals surface area contributed by atoms with E-state index in [2.05, 4.69) is 33.0 Å². The van der Waals surface area contributed by atoms with Crippen LogP contribution in [0.5, 0.6) is 0 Å². The molecule has 0 saturated heterocycles. The molecule has 0 bridgehead atoms. The third kappa shape index (κ3) is 5.36. The van der Waals surface area contributed by atoms with Crippen LogP contribution in [0.1, 0.15) is 21.7 Å². The fourth-order valence-corrected chi connectivity index (χ4v) is 3.45. The molecule has 1 aromatic heterocycles. The summed E-state index contributed by atoms with van der Waals surface area (Å²) in [7, 11) is 0. The van der Waals surface area contributed by atoms with Gasteiger partial charge in [-0.1, -0.05) is 30.3 Å². The third-order valence-electron chi connectivity index (χ3n) is 3.17. The number of ketones is 1. The second kappa shape index (κ2) is 8.44. The van der Waals surface area contributed by atoms with Crippen LogP contribution >= 0.6 is 27.3 Å². The minimum absolute atomic E-state index is 0.103. The van der Waals surface area contributed by atoms with Gasteiger partial charge in [0.1, 0.15) is 0 Å². The molecule has 3 nitrogen and oxygen atoms in total. The largest absolute Gasteiger partial charge is 0.395 e. The second-order valence-corrected chi connectivity index (χ2v) is 7.23. The minimum atomic E-state index is 0.103. The average molecular weight is 368 g/mol. The highest BCUT2D eigenvalue weighted by Gasteiger charge is 2.12. The molecule has 1 N–H and O–H groups in total. The number of benzene rings is 1. The second-order valence-electron chi connectivity index (χ2n) is 4.76. The zero-order valence-electron chi connectivity index (χ0n) is 11.7. The summed E-state index contributed by atoms with van der Waals surface area (Å²) < 4.78 is 0.974. The van der Waals surface area contributed by atoms with E-state index in [0.29, 0.717) is 19.5 Å². The van der Waals surface area contributed by atoms with Crippen molar-refractivity contribution in [1.29, 1.82) is 0 Å². The zero-order chi connectivity index (χ0) is 15.1. The Morgan fingerprint density at radius 3 is 2.52 bits per heavy atom. The van der Waals surface area contributed by atoms with Crippen LogP contribution in [0.3, 0.4) is 0 Å². The molecule has 1 heterocycles.